The number of hydrogen-bond acceptors (Lipinski definition) is 4. The third-order valence-corrected chi connectivity index (χ3v) is 5.02. The third-order valence-electron chi connectivity index (χ3n) is 5.02. The molecular weight excluding hydrogens is 318 g/mol. The van der Waals surface area contributed by atoms with Gasteiger partial charge in [-0.25, -0.2) is 0 Å². The fourth-order valence-corrected chi connectivity index (χ4v) is 3.48. The van der Waals surface area contributed by atoms with Gasteiger partial charge in [-0.2, -0.15) is 0 Å². The lowest BCUT2D eigenvalue weighted by Crippen LogP contribution is -2.53. The summed E-state index contributed by atoms with van der Waals surface area (Å²) in [6.45, 7) is 10.3. The van der Waals surface area contributed by atoms with Crippen LogP contribution in [0, 0.1) is 11.8 Å². The largest absolute Gasteiger partial charge is 0.379 e. The van der Waals surface area contributed by atoms with Crippen molar-refractivity contribution in [3.63, 3.8) is 0 Å². The van der Waals surface area contributed by atoms with Crippen LogP contribution >= 0.6 is 0 Å². The molecular formula is C19H39N3O3. The topological polar surface area (TPSA) is 61.9 Å². The number of amides is 2. The molecule has 0 bridgehead atoms. The second-order valence-corrected chi connectivity index (χ2v) is 7.43. The molecule has 2 amide bonds. The van der Waals surface area contributed by atoms with Crippen LogP contribution in [0.4, 0.5) is 0 Å². The summed E-state index contributed by atoms with van der Waals surface area (Å²) in [7, 11) is 7.25. The van der Waals surface area contributed by atoms with Crippen LogP contribution < -0.4 is 5.32 Å². The highest BCUT2D eigenvalue weighted by Gasteiger charge is 2.32. The normalized spacial score (nSPS) is 16.4. The van der Waals surface area contributed by atoms with E-state index >= 15 is 0 Å². The van der Waals surface area contributed by atoms with E-state index in [1.54, 1.807) is 19.1 Å². The SMILES string of the molecule is CC[C@H](C)C([C@@H](CC)OC)N(C)C(=O)CNC(=O)C(C(C)C)N(C)C. The van der Waals surface area contributed by atoms with Gasteiger partial charge in [-0.05, 0) is 32.4 Å². The highest BCUT2D eigenvalue weighted by Crippen LogP contribution is 2.21. The number of rotatable bonds is 11. The zero-order valence-corrected chi connectivity index (χ0v) is 17.6. The Labute approximate surface area is 154 Å². The fourth-order valence-electron chi connectivity index (χ4n) is 3.48. The predicted octanol–water partition coefficient (Wildman–Crippen LogP) is 1.99. The minimum absolute atomic E-state index is 0.000790. The molecule has 0 aromatic rings. The Morgan fingerprint density at radius 1 is 1.04 bits per heavy atom. The minimum Gasteiger partial charge on any atom is -0.379 e. The van der Waals surface area contributed by atoms with Crippen molar-refractivity contribution >= 4 is 11.8 Å². The van der Waals surface area contributed by atoms with Gasteiger partial charge in [0.1, 0.15) is 0 Å². The van der Waals surface area contributed by atoms with E-state index in [1.165, 1.54) is 0 Å². The van der Waals surface area contributed by atoms with E-state index in [-0.39, 0.29) is 42.5 Å². The van der Waals surface area contributed by atoms with Crippen LogP contribution in [0.3, 0.4) is 0 Å². The average molecular weight is 358 g/mol. The zero-order valence-electron chi connectivity index (χ0n) is 17.6. The standard InChI is InChI=1S/C19H39N3O3/c1-10-14(5)18(15(11-2)25-9)22(8)16(23)12-20-19(24)17(13(3)4)21(6)7/h13-15,17-18H,10-12H2,1-9H3,(H,20,24)/t14-,15+,17?,18?/m0/s1. The molecule has 0 saturated carbocycles. The Morgan fingerprint density at radius 3 is 1.96 bits per heavy atom. The highest BCUT2D eigenvalue weighted by molar-refractivity contribution is 5.87. The molecule has 0 rings (SSSR count). The second kappa shape index (κ2) is 11.5. The van der Waals surface area contributed by atoms with Gasteiger partial charge in [-0.3, -0.25) is 14.5 Å². The van der Waals surface area contributed by atoms with Crippen LogP contribution in [-0.2, 0) is 14.3 Å². The summed E-state index contributed by atoms with van der Waals surface area (Å²) in [4.78, 5) is 28.7. The molecule has 25 heavy (non-hydrogen) atoms. The monoisotopic (exact) mass is 357 g/mol. The minimum atomic E-state index is -0.245. The van der Waals surface area contributed by atoms with Crippen molar-refractivity contribution in [2.24, 2.45) is 11.8 Å². The van der Waals surface area contributed by atoms with Crippen molar-refractivity contribution < 1.29 is 14.3 Å². The summed E-state index contributed by atoms with van der Waals surface area (Å²) in [5, 5.41) is 2.80. The number of nitrogens with one attached hydrogen (secondary N) is 1. The molecule has 6 nitrogen and oxygen atoms in total. The van der Waals surface area contributed by atoms with E-state index in [9.17, 15) is 9.59 Å². The van der Waals surface area contributed by atoms with Gasteiger partial charge in [0.25, 0.3) is 0 Å². The Hall–Kier alpha value is -1.14. The maximum absolute atomic E-state index is 12.6. The molecule has 4 atom stereocenters. The number of ether oxygens (including phenoxy) is 1. The Bertz CT molecular complexity index is 401. The average Bonchev–Trinajstić information content (AvgIpc) is 2.55. The summed E-state index contributed by atoms with van der Waals surface area (Å²) < 4.78 is 5.59. The van der Waals surface area contributed by atoms with Crippen LogP contribution in [0.1, 0.15) is 47.5 Å². The number of carbonyl (C=O) groups excluding carboxylic acids is 2. The number of nitrogens with zero attached hydrogens (tertiary/aromatic N) is 2. The highest BCUT2D eigenvalue weighted by atomic mass is 16.5. The first-order chi connectivity index (χ1) is 11.6. The molecule has 0 aliphatic carbocycles. The summed E-state index contributed by atoms with van der Waals surface area (Å²) in [5.41, 5.74) is 0. The number of methoxy groups -OCH3 is 1. The van der Waals surface area contributed by atoms with Crippen LogP contribution in [0.25, 0.3) is 0 Å². The third kappa shape index (κ3) is 6.94. The van der Waals surface area contributed by atoms with Crippen molar-refractivity contribution in [1.29, 1.82) is 0 Å². The zero-order chi connectivity index (χ0) is 19.7. The van der Waals surface area contributed by atoms with E-state index in [4.69, 9.17) is 4.74 Å². The smallest absolute Gasteiger partial charge is 0.242 e. The van der Waals surface area contributed by atoms with E-state index in [0.29, 0.717) is 5.92 Å². The lowest BCUT2D eigenvalue weighted by Gasteiger charge is -2.37. The molecule has 0 spiro atoms. The predicted molar refractivity (Wildman–Crippen MR) is 102 cm³/mol. The van der Waals surface area contributed by atoms with Gasteiger partial charge in [0, 0.05) is 14.2 Å². The van der Waals surface area contributed by atoms with Crippen molar-refractivity contribution in [3.05, 3.63) is 0 Å². The van der Waals surface area contributed by atoms with E-state index in [0.717, 1.165) is 12.8 Å². The first-order valence-corrected chi connectivity index (χ1v) is 9.34. The molecule has 0 aliphatic heterocycles. The van der Waals surface area contributed by atoms with Gasteiger partial charge in [-0.1, -0.05) is 41.0 Å². The van der Waals surface area contributed by atoms with Crippen LogP contribution in [0.5, 0.6) is 0 Å². The number of hydrogen-bond donors (Lipinski definition) is 1. The molecule has 0 radical (unpaired) electrons. The van der Waals surface area contributed by atoms with Crippen molar-refractivity contribution in [1.82, 2.24) is 15.1 Å². The number of carbonyl (C=O) groups is 2. The molecule has 0 aliphatic rings. The number of likely N-dealkylation sites (N-methyl/N-ethyl adjacent to an activating group) is 2. The molecule has 2 unspecified atom stereocenters. The second-order valence-electron chi connectivity index (χ2n) is 7.43. The van der Waals surface area contributed by atoms with Crippen LogP contribution in [0.2, 0.25) is 0 Å². The van der Waals surface area contributed by atoms with E-state index in [1.807, 2.05) is 32.8 Å². The lowest BCUT2D eigenvalue weighted by molar-refractivity contribution is -0.138. The van der Waals surface area contributed by atoms with Crippen LogP contribution in [0.15, 0.2) is 0 Å². The molecule has 0 heterocycles. The van der Waals surface area contributed by atoms with Gasteiger partial charge in [0.2, 0.25) is 11.8 Å². The Morgan fingerprint density at radius 2 is 1.60 bits per heavy atom. The van der Waals surface area contributed by atoms with Crippen molar-refractivity contribution in [2.75, 3.05) is 34.8 Å². The molecule has 0 aromatic heterocycles. The van der Waals surface area contributed by atoms with Crippen LogP contribution in [-0.4, -0.2) is 74.6 Å². The molecule has 6 heteroatoms. The van der Waals surface area contributed by atoms with Crippen molar-refractivity contribution in [2.45, 2.75) is 65.6 Å². The maximum Gasteiger partial charge on any atom is 0.242 e. The van der Waals surface area contributed by atoms with E-state index in [2.05, 4.69) is 26.1 Å². The quantitative estimate of drug-likeness (QED) is 0.614. The fraction of sp³-hybridized carbons (Fsp3) is 0.895. The summed E-state index contributed by atoms with van der Waals surface area (Å²) in [6.07, 6.45) is 1.79. The van der Waals surface area contributed by atoms with Crippen molar-refractivity contribution in [3.8, 4) is 0 Å². The van der Waals surface area contributed by atoms with E-state index < -0.39 is 0 Å². The Balaban J connectivity index is 4.98. The summed E-state index contributed by atoms with van der Waals surface area (Å²) >= 11 is 0. The van der Waals surface area contributed by atoms with Gasteiger partial charge in [0.15, 0.2) is 0 Å². The first kappa shape index (κ1) is 23.9. The van der Waals surface area contributed by atoms with Gasteiger partial charge in [0.05, 0.1) is 24.7 Å². The lowest BCUT2D eigenvalue weighted by atomic mass is 9.91. The van der Waals surface area contributed by atoms with Gasteiger partial charge < -0.3 is 15.0 Å². The summed E-state index contributed by atoms with van der Waals surface area (Å²) in [5.74, 6) is 0.296. The summed E-state index contributed by atoms with van der Waals surface area (Å²) in [6, 6.07) is -0.245. The Kier molecular flexibility index (Phi) is 10.9. The molecule has 0 saturated heterocycles. The molecule has 0 aromatic carbocycles. The van der Waals surface area contributed by atoms with Gasteiger partial charge >= 0.3 is 0 Å². The molecule has 0 fully saturated rings. The molecule has 148 valence electrons. The van der Waals surface area contributed by atoms with Gasteiger partial charge in [-0.15, -0.1) is 0 Å². The first-order valence-electron chi connectivity index (χ1n) is 9.34. The molecule has 1 N–H and O–H groups in total. The maximum atomic E-state index is 12.6.